The van der Waals surface area contributed by atoms with Gasteiger partial charge >= 0.3 is 11.7 Å². The number of urea groups is 1. The van der Waals surface area contributed by atoms with Gasteiger partial charge in [0.05, 0.1) is 37.3 Å². The minimum atomic E-state index is -0.887. The molecule has 0 spiro atoms. The lowest BCUT2D eigenvalue weighted by molar-refractivity contribution is -0.394. The molecule has 0 saturated carbocycles. The summed E-state index contributed by atoms with van der Waals surface area (Å²) in [5, 5.41) is 22.2. The summed E-state index contributed by atoms with van der Waals surface area (Å²) in [5.41, 5.74) is -0.945. The van der Waals surface area contributed by atoms with E-state index >= 15 is 0 Å². The van der Waals surface area contributed by atoms with Crippen LogP contribution >= 0.6 is 23.2 Å². The lowest BCUT2D eigenvalue weighted by Gasteiger charge is -2.33. The normalized spacial score (nSPS) is 13.3. The van der Waals surface area contributed by atoms with E-state index in [0.29, 0.717) is 0 Å². The third kappa shape index (κ3) is 5.64. The first-order valence-corrected chi connectivity index (χ1v) is 13.0. The molecule has 1 aliphatic rings. The Morgan fingerprint density at radius 3 is 1.67 bits per heavy atom. The van der Waals surface area contributed by atoms with Crippen LogP contribution in [0.4, 0.5) is 27.5 Å². The van der Waals surface area contributed by atoms with Crippen molar-refractivity contribution in [3.8, 4) is 11.5 Å². The van der Waals surface area contributed by atoms with Gasteiger partial charge in [-0.25, -0.2) is 14.6 Å². The second-order valence-corrected chi connectivity index (χ2v) is 9.69. The van der Waals surface area contributed by atoms with Gasteiger partial charge in [0.15, 0.2) is 5.75 Å². The van der Waals surface area contributed by atoms with Crippen LogP contribution in [0.15, 0.2) is 96.6 Å². The SMILES string of the molecule is O=C1C(=Cc2cc(Cl)c(Oc3ccc([N+](=O)[O-])cc3[N+](=O)[O-])c(Cl)c2)C(=O)N(c2ccccc2)C(=O)N1c1ccccc1. The number of ether oxygens (including phenoxy) is 1. The zero-order chi connectivity index (χ0) is 30.8. The molecule has 0 bridgehead atoms. The van der Waals surface area contributed by atoms with Crippen LogP contribution in [0.5, 0.6) is 11.5 Å². The van der Waals surface area contributed by atoms with Crippen molar-refractivity contribution >= 4 is 69.9 Å². The zero-order valence-electron chi connectivity index (χ0n) is 21.5. The van der Waals surface area contributed by atoms with E-state index in [9.17, 15) is 34.6 Å². The first-order valence-electron chi connectivity index (χ1n) is 12.2. The van der Waals surface area contributed by atoms with Crippen LogP contribution in [0.3, 0.4) is 0 Å². The summed E-state index contributed by atoms with van der Waals surface area (Å²) < 4.78 is 5.57. The van der Waals surface area contributed by atoms with Gasteiger partial charge in [-0.3, -0.25) is 29.8 Å². The van der Waals surface area contributed by atoms with Crippen molar-refractivity contribution in [2.45, 2.75) is 0 Å². The number of non-ortho nitro benzene ring substituents is 1. The molecule has 12 nitrogen and oxygen atoms in total. The van der Waals surface area contributed by atoms with E-state index in [1.54, 1.807) is 60.7 Å². The number of hydrogen-bond acceptors (Lipinski definition) is 8. The number of barbiturate groups is 1. The van der Waals surface area contributed by atoms with Crippen LogP contribution < -0.4 is 14.5 Å². The summed E-state index contributed by atoms with van der Waals surface area (Å²) in [7, 11) is 0. The summed E-state index contributed by atoms with van der Waals surface area (Å²) in [5.74, 6) is -2.35. The van der Waals surface area contributed by atoms with E-state index in [0.717, 1.165) is 28.0 Å². The number of carbonyl (C=O) groups is 3. The predicted octanol–water partition coefficient (Wildman–Crippen LogP) is 7.19. The molecule has 0 aromatic heterocycles. The standard InChI is InChI=1S/C29H16Cl2N4O8/c30-22-14-17(15-23(31)26(22)43-25-12-11-20(34(39)40)16-24(25)35(41)42)13-21-27(36)32(18-7-3-1-4-8-18)29(38)33(28(21)37)19-9-5-2-6-10-19/h1-16H. The third-order valence-electron chi connectivity index (χ3n) is 6.17. The Morgan fingerprint density at radius 1 is 0.698 bits per heavy atom. The molecule has 1 heterocycles. The van der Waals surface area contributed by atoms with Crippen molar-refractivity contribution in [1.29, 1.82) is 0 Å². The van der Waals surface area contributed by atoms with Crippen LogP contribution in [0, 0.1) is 20.2 Å². The fraction of sp³-hybridized carbons (Fsp3) is 0. The van der Waals surface area contributed by atoms with E-state index in [1.807, 2.05) is 0 Å². The highest BCUT2D eigenvalue weighted by Gasteiger charge is 2.43. The Kier molecular flexibility index (Phi) is 7.88. The first-order chi connectivity index (χ1) is 20.6. The average molecular weight is 619 g/mol. The van der Waals surface area contributed by atoms with Crippen molar-refractivity contribution in [1.82, 2.24) is 0 Å². The molecule has 0 unspecified atom stereocenters. The predicted molar refractivity (Wildman–Crippen MR) is 158 cm³/mol. The average Bonchev–Trinajstić information content (AvgIpc) is 2.98. The maximum atomic E-state index is 13.6. The van der Waals surface area contributed by atoms with Crippen molar-refractivity contribution < 1.29 is 29.0 Å². The van der Waals surface area contributed by atoms with Gasteiger partial charge in [-0.05, 0) is 54.1 Å². The number of anilines is 2. The molecule has 4 aromatic rings. The Morgan fingerprint density at radius 2 is 1.21 bits per heavy atom. The summed E-state index contributed by atoms with van der Waals surface area (Å²) in [6, 6.07) is 20.6. The molecule has 43 heavy (non-hydrogen) atoms. The molecule has 14 heteroatoms. The van der Waals surface area contributed by atoms with Gasteiger partial charge in [0.1, 0.15) is 5.57 Å². The number of nitro benzene ring substituents is 2. The number of imide groups is 2. The highest BCUT2D eigenvalue weighted by molar-refractivity contribution is 6.46. The Bertz CT molecular complexity index is 1760. The maximum Gasteiger partial charge on any atom is 0.343 e. The molecule has 4 amide bonds. The number of nitro groups is 2. The van der Waals surface area contributed by atoms with Crippen LogP contribution in [-0.2, 0) is 9.59 Å². The second-order valence-electron chi connectivity index (χ2n) is 8.87. The summed E-state index contributed by atoms with van der Waals surface area (Å²) in [4.78, 5) is 63.2. The molecule has 0 atom stereocenters. The highest BCUT2D eigenvalue weighted by Crippen LogP contribution is 2.42. The lowest BCUT2D eigenvalue weighted by atomic mass is 10.0. The van der Waals surface area contributed by atoms with Crippen molar-refractivity contribution in [2.24, 2.45) is 0 Å². The molecular formula is C29H16Cl2N4O8. The van der Waals surface area contributed by atoms with Crippen LogP contribution in [0.25, 0.3) is 6.08 Å². The van der Waals surface area contributed by atoms with Gasteiger partial charge < -0.3 is 4.74 Å². The lowest BCUT2D eigenvalue weighted by Crippen LogP contribution is -2.57. The van der Waals surface area contributed by atoms with Crippen LogP contribution in [0.1, 0.15) is 5.56 Å². The molecule has 0 radical (unpaired) electrons. The van der Waals surface area contributed by atoms with Crippen molar-refractivity contribution in [3.05, 3.63) is 132 Å². The summed E-state index contributed by atoms with van der Waals surface area (Å²) in [6.07, 6.45) is 1.21. The quantitative estimate of drug-likeness (QED) is 0.0912. The number of nitrogens with zero attached hydrogens (tertiary/aromatic N) is 4. The first kappa shape index (κ1) is 28.9. The largest absolute Gasteiger partial charge is 0.447 e. The van der Waals surface area contributed by atoms with Gasteiger partial charge in [-0.2, -0.15) is 0 Å². The number of carbonyl (C=O) groups excluding carboxylic acids is 3. The molecule has 1 fully saturated rings. The van der Waals surface area contributed by atoms with E-state index in [4.69, 9.17) is 27.9 Å². The highest BCUT2D eigenvalue weighted by atomic mass is 35.5. The minimum Gasteiger partial charge on any atom is -0.447 e. The number of benzene rings is 4. The van der Waals surface area contributed by atoms with Gasteiger partial charge in [0, 0.05) is 6.07 Å². The van der Waals surface area contributed by atoms with E-state index in [1.165, 1.54) is 18.2 Å². The molecule has 1 saturated heterocycles. The van der Waals surface area contributed by atoms with Gasteiger partial charge in [-0.1, -0.05) is 59.6 Å². The summed E-state index contributed by atoms with van der Waals surface area (Å²) >= 11 is 12.8. The molecule has 5 rings (SSSR count). The van der Waals surface area contributed by atoms with E-state index in [-0.39, 0.29) is 44.1 Å². The van der Waals surface area contributed by atoms with Crippen LogP contribution in [-0.4, -0.2) is 27.7 Å². The molecule has 214 valence electrons. The summed E-state index contributed by atoms with van der Waals surface area (Å²) in [6.45, 7) is 0. The van der Waals surface area contributed by atoms with Gasteiger partial charge in [0.25, 0.3) is 17.5 Å². The fourth-order valence-electron chi connectivity index (χ4n) is 4.22. The molecule has 0 aliphatic carbocycles. The molecule has 4 aromatic carbocycles. The van der Waals surface area contributed by atoms with Gasteiger partial charge in [0.2, 0.25) is 5.75 Å². The van der Waals surface area contributed by atoms with Crippen molar-refractivity contribution in [3.63, 3.8) is 0 Å². The monoisotopic (exact) mass is 618 g/mol. The number of halogens is 2. The zero-order valence-corrected chi connectivity index (χ0v) is 23.1. The minimum absolute atomic E-state index is 0.154. The Labute approximate surface area is 252 Å². The second kappa shape index (κ2) is 11.7. The molecular weight excluding hydrogens is 603 g/mol. The van der Waals surface area contributed by atoms with Gasteiger partial charge in [-0.15, -0.1) is 0 Å². The number of rotatable bonds is 7. The maximum absolute atomic E-state index is 13.6. The molecule has 0 N–H and O–H groups in total. The molecule has 1 aliphatic heterocycles. The topological polar surface area (TPSA) is 153 Å². The Hall–Kier alpha value is -5.59. The van der Waals surface area contributed by atoms with E-state index in [2.05, 4.69) is 0 Å². The van der Waals surface area contributed by atoms with Crippen LogP contribution in [0.2, 0.25) is 10.0 Å². The number of para-hydroxylation sites is 2. The number of hydrogen-bond donors (Lipinski definition) is 0. The third-order valence-corrected chi connectivity index (χ3v) is 6.73. The van der Waals surface area contributed by atoms with E-state index < -0.39 is 39.1 Å². The smallest absolute Gasteiger partial charge is 0.343 e. The van der Waals surface area contributed by atoms with Crippen molar-refractivity contribution in [2.75, 3.05) is 9.80 Å². The number of amides is 4. The Balaban J connectivity index is 1.56. The fourth-order valence-corrected chi connectivity index (χ4v) is 4.81.